The number of anilines is 1. The van der Waals surface area contributed by atoms with Crippen molar-refractivity contribution in [3.05, 3.63) is 41.1 Å². The van der Waals surface area contributed by atoms with Gasteiger partial charge >= 0.3 is 0 Å². The van der Waals surface area contributed by atoms with Crippen molar-refractivity contribution in [2.75, 3.05) is 17.7 Å². The molecule has 0 bridgehead atoms. The van der Waals surface area contributed by atoms with E-state index in [-0.39, 0.29) is 11.8 Å². The van der Waals surface area contributed by atoms with Crippen LogP contribution in [0.15, 0.2) is 40.7 Å². The molecule has 0 amide bonds. The van der Waals surface area contributed by atoms with Crippen LogP contribution in [0.2, 0.25) is 0 Å². The number of aromatic nitrogens is 3. The second-order valence-corrected chi connectivity index (χ2v) is 7.20. The van der Waals surface area contributed by atoms with Gasteiger partial charge in [-0.1, -0.05) is 30.8 Å². The van der Waals surface area contributed by atoms with Gasteiger partial charge in [-0.2, -0.15) is 4.98 Å². The van der Waals surface area contributed by atoms with Gasteiger partial charge in [-0.3, -0.25) is 4.79 Å². The van der Waals surface area contributed by atoms with Gasteiger partial charge in [-0.05, 0) is 44.9 Å². The number of Topliss-reactive ketones (excluding diaryl/α,β-unsaturated/α-hetero) is 1. The molecule has 1 aromatic carbocycles. The molecule has 138 valence electrons. The fourth-order valence-corrected chi connectivity index (χ4v) is 3.75. The second-order valence-electron chi connectivity index (χ2n) is 6.14. The van der Waals surface area contributed by atoms with Crippen LogP contribution in [0.4, 0.5) is 5.95 Å². The van der Waals surface area contributed by atoms with Crippen molar-refractivity contribution in [1.82, 2.24) is 14.8 Å². The van der Waals surface area contributed by atoms with Crippen molar-refractivity contribution < 1.29 is 9.53 Å². The fraction of sp³-hybridized carbons (Fsp3) is 0.421. The van der Waals surface area contributed by atoms with Gasteiger partial charge in [0.05, 0.1) is 6.61 Å². The number of nitrogens with zero attached hydrogens (tertiary/aromatic N) is 3. The topological polar surface area (TPSA) is 69.0 Å². The molecular formula is C19H24N4O2S. The summed E-state index contributed by atoms with van der Waals surface area (Å²) in [6.45, 7) is 8.21. The van der Waals surface area contributed by atoms with Gasteiger partial charge in [0.2, 0.25) is 11.1 Å². The number of thioether (sulfide) groups is 1. The van der Waals surface area contributed by atoms with Gasteiger partial charge in [0, 0.05) is 17.0 Å². The number of hydrogen-bond acceptors (Lipinski definition) is 6. The van der Waals surface area contributed by atoms with Crippen LogP contribution in [0.5, 0.6) is 5.75 Å². The van der Waals surface area contributed by atoms with Gasteiger partial charge in [0.15, 0.2) is 5.78 Å². The van der Waals surface area contributed by atoms with Gasteiger partial charge in [0.25, 0.3) is 0 Å². The molecule has 0 saturated heterocycles. The standard InChI is InChI=1S/C19H24N4O2S/c1-5-11-26-19-21-18-20-12(3)16(13(4)24)17(23(18)22-19)14-7-9-15(10-8-14)25-6-2/h7-10,17H,5-6,11H2,1-4H3,(H,20,21,22). The molecule has 6 nitrogen and oxygen atoms in total. The first-order valence-electron chi connectivity index (χ1n) is 8.86. The molecule has 26 heavy (non-hydrogen) atoms. The van der Waals surface area contributed by atoms with Crippen LogP contribution < -0.4 is 10.1 Å². The third kappa shape index (κ3) is 3.62. The Labute approximate surface area is 158 Å². The Morgan fingerprint density at radius 1 is 1.31 bits per heavy atom. The van der Waals surface area contributed by atoms with E-state index in [1.807, 2.05) is 42.8 Å². The molecule has 1 aromatic heterocycles. The zero-order valence-corrected chi connectivity index (χ0v) is 16.4. The van der Waals surface area contributed by atoms with Crippen LogP contribution in [-0.2, 0) is 4.79 Å². The Kier molecular flexibility index (Phi) is 5.66. The lowest BCUT2D eigenvalue weighted by Gasteiger charge is -2.28. The highest BCUT2D eigenvalue weighted by atomic mass is 32.2. The summed E-state index contributed by atoms with van der Waals surface area (Å²) in [4.78, 5) is 17.0. The number of benzene rings is 1. The molecule has 0 saturated carbocycles. The minimum absolute atomic E-state index is 0.0257. The highest BCUT2D eigenvalue weighted by Gasteiger charge is 2.32. The maximum atomic E-state index is 12.4. The molecule has 2 aromatic rings. The molecule has 1 atom stereocenters. The van der Waals surface area contributed by atoms with Crippen molar-refractivity contribution in [2.45, 2.75) is 45.3 Å². The molecule has 0 fully saturated rings. The van der Waals surface area contributed by atoms with E-state index in [9.17, 15) is 4.79 Å². The van der Waals surface area contributed by atoms with Crippen LogP contribution in [0.1, 0.15) is 45.7 Å². The first-order valence-corrected chi connectivity index (χ1v) is 9.84. The van der Waals surface area contributed by atoms with Gasteiger partial charge in [-0.25, -0.2) is 4.68 Å². The minimum Gasteiger partial charge on any atom is -0.494 e. The first-order chi connectivity index (χ1) is 12.5. The van der Waals surface area contributed by atoms with E-state index in [4.69, 9.17) is 4.74 Å². The molecule has 7 heteroatoms. The van der Waals surface area contributed by atoms with Crippen LogP contribution in [0, 0.1) is 0 Å². The van der Waals surface area contributed by atoms with E-state index in [0.717, 1.165) is 34.3 Å². The molecule has 0 aliphatic carbocycles. The van der Waals surface area contributed by atoms with Crippen LogP contribution in [0.25, 0.3) is 0 Å². The Bertz CT molecular complexity index is 827. The minimum atomic E-state index is -0.289. The zero-order chi connectivity index (χ0) is 18.7. The van der Waals surface area contributed by atoms with Crippen molar-refractivity contribution in [3.63, 3.8) is 0 Å². The molecule has 0 spiro atoms. The van der Waals surface area contributed by atoms with E-state index in [0.29, 0.717) is 18.1 Å². The fourth-order valence-electron chi connectivity index (χ4n) is 3.06. The smallest absolute Gasteiger partial charge is 0.227 e. The van der Waals surface area contributed by atoms with E-state index in [2.05, 4.69) is 22.3 Å². The summed E-state index contributed by atoms with van der Waals surface area (Å²) >= 11 is 1.62. The van der Waals surface area contributed by atoms with Crippen molar-refractivity contribution in [1.29, 1.82) is 0 Å². The molecule has 1 unspecified atom stereocenters. The van der Waals surface area contributed by atoms with E-state index < -0.39 is 0 Å². The monoisotopic (exact) mass is 372 g/mol. The maximum absolute atomic E-state index is 12.4. The highest BCUT2D eigenvalue weighted by molar-refractivity contribution is 7.99. The highest BCUT2D eigenvalue weighted by Crippen LogP contribution is 2.36. The number of fused-ring (bicyclic) bond motifs is 1. The maximum Gasteiger partial charge on any atom is 0.227 e. The van der Waals surface area contributed by atoms with E-state index in [1.54, 1.807) is 18.7 Å². The van der Waals surface area contributed by atoms with Gasteiger partial charge in [-0.15, -0.1) is 5.10 Å². The van der Waals surface area contributed by atoms with E-state index >= 15 is 0 Å². The van der Waals surface area contributed by atoms with Crippen molar-refractivity contribution in [2.24, 2.45) is 0 Å². The molecule has 2 heterocycles. The number of carbonyl (C=O) groups is 1. The summed E-state index contributed by atoms with van der Waals surface area (Å²) in [6, 6.07) is 7.54. The van der Waals surface area contributed by atoms with E-state index in [1.165, 1.54) is 0 Å². The predicted octanol–water partition coefficient (Wildman–Crippen LogP) is 4.06. The normalized spacial score (nSPS) is 16.2. The summed E-state index contributed by atoms with van der Waals surface area (Å²) in [6.07, 6.45) is 1.06. The lowest BCUT2D eigenvalue weighted by atomic mass is 9.93. The second kappa shape index (κ2) is 7.95. The number of nitrogens with one attached hydrogen (secondary N) is 1. The quantitative estimate of drug-likeness (QED) is 0.739. The van der Waals surface area contributed by atoms with Crippen LogP contribution in [-0.4, -0.2) is 32.9 Å². The Morgan fingerprint density at radius 2 is 2.04 bits per heavy atom. The molecule has 0 radical (unpaired) electrons. The third-order valence-electron chi connectivity index (χ3n) is 4.15. The largest absolute Gasteiger partial charge is 0.494 e. The number of ether oxygens (including phenoxy) is 1. The SMILES string of the molecule is CCCSc1nc2n(n1)C(c1ccc(OCC)cc1)C(C(C)=O)=C(C)N2. The summed E-state index contributed by atoms with van der Waals surface area (Å²) in [5, 5.41) is 8.61. The Morgan fingerprint density at radius 3 is 2.65 bits per heavy atom. The molecular weight excluding hydrogens is 348 g/mol. The summed E-state index contributed by atoms with van der Waals surface area (Å²) in [7, 11) is 0. The van der Waals surface area contributed by atoms with Crippen LogP contribution in [0.3, 0.4) is 0 Å². The first kappa shape index (κ1) is 18.5. The summed E-state index contributed by atoms with van der Waals surface area (Å²) < 4.78 is 7.35. The Balaban J connectivity index is 2.04. The number of ketones is 1. The molecule has 1 aliphatic heterocycles. The summed E-state index contributed by atoms with van der Waals surface area (Å²) in [5.74, 6) is 2.47. The lowest BCUT2D eigenvalue weighted by molar-refractivity contribution is -0.114. The lowest BCUT2D eigenvalue weighted by Crippen LogP contribution is -2.27. The van der Waals surface area contributed by atoms with Gasteiger partial charge in [0.1, 0.15) is 11.8 Å². The average Bonchev–Trinajstić information content (AvgIpc) is 3.02. The van der Waals surface area contributed by atoms with Crippen molar-refractivity contribution in [3.8, 4) is 5.75 Å². The third-order valence-corrected chi connectivity index (χ3v) is 5.20. The van der Waals surface area contributed by atoms with Crippen molar-refractivity contribution >= 4 is 23.5 Å². The Hall–Kier alpha value is -2.28. The number of hydrogen-bond donors (Lipinski definition) is 1. The number of allylic oxidation sites excluding steroid dienone is 2. The number of carbonyl (C=O) groups excluding carboxylic acids is 1. The average molecular weight is 372 g/mol. The molecule has 1 aliphatic rings. The number of rotatable bonds is 7. The molecule has 1 N–H and O–H groups in total. The predicted molar refractivity (Wildman–Crippen MR) is 104 cm³/mol. The van der Waals surface area contributed by atoms with Gasteiger partial charge < -0.3 is 10.1 Å². The van der Waals surface area contributed by atoms with Crippen LogP contribution >= 0.6 is 11.8 Å². The summed E-state index contributed by atoms with van der Waals surface area (Å²) in [5.41, 5.74) is 2.51. The zero-order valence-electron chi connectivity index (χ0n) is 15.6. The molecule has 3 rings (SSSR count).